The summed E-state index contributed by atoms with van der Waals surface area (Å²) in [4.78, 5) is 34.8. The fourth-order valence-electron chi connectivity index (χ4n) is 2.21. The molecule has 0 aromatic heterocycles. The molecular weight excluding hydrogens is 352 g/mol. The van der Waals surface area contributed by atoms with Crippen molar-refractivity contribution in [2.24, 2.45) is 0 Å². The number of benzene rings is 2. The number of nitro benzene ring substituents is 1. The molecule has 0 fully saturated rings. The van der Waals surface area contributed by atoms with Crippen LogP contribution in [0.25, 0.3) is 0 Å². The third-order valence-corrected chi connectivity index (χ3v) is 3.61. The summed E-state index contributed by atoms with van der Waals surface area (Å²) in [5.41, 5.74) is 0.675. The maximum Gasteiger partial charge on any atom is 0.339 e. The smallest absolute Gasteiger partial charge is 0.339 e. The van der Waals surface area contributed by atoms with Gasteiger partial charge in [0.05, 0.1) is 22.1 Å². The highest BCUT2D eigenvalue weighted by molar-refractivity contribution is 5.98. The van der Waals surface area contributed by atoms with Gasteiger partial charge >= 0.3 is 5.97 Å². The van der Waals surface area contributed by atoms with Crippen LogP contribution in [0.3, 0.4) is 0 Å². The van der Waals surface area contributed by atoms with Gasteiger partial charge in [-0.05, 0) is 37.3 Å². The van der Waals surface area contributed by atoms with Crippen LogP contribution < -0.4 is 10.6 Å². The predicted octanol–water partition coefficient (Wildman–Crippen LogP) is 2.69. The van der Waals surface area contributed by atoms with E-state index >= 15 is 0 Å². The van der Waals surface area contributed by atoms with E-state index in [0.29, 0.717) is 11.3 Å². The summed E-state index contributed by atoms with van der Waals surface area (Å²) >= 11 is 0. The van der Waals surface area contributed by atoms with Gasteiger partial charge in [0.25, 0.3) is 11.6 Å². The normalized spacial score (nSPS) is 11.0. The van der Waals surface area contributed by atoms with Crippen molar-refractivity contribution in [3.8, 4) is 6.07 Å². The van der Waals surface area contributed by atoms with E-state index in [1.54, 1.807) is 18.2 Å². The Hall–Kier alpha value is -3.93. The third kappa shape index (κ3) is 4.79. The fraction of sp³-hybridized carbons (Fsp3) is 0.167. The van der Waals surface area contributed by atoms with Crippen LogP contribution in [-0.4, -0.2) is 30.0 Å². The number of nitrogens with zero attached hydrogens (tertiary/aromatic N) is 2. The Bertz CT molecular complexity index is 936. The van der Waals surface area contributed by atoms with Gasteiger partial charge in [0.1, 0.15) is 5.69 Å². The molecule has 0 aliphatic rings. The Labute approximate surface area is 154 Å². The molecule has 2 aromatic carbocycles. The van der Waals surface area contributed by atoms with Crippen LogP contribution in [0.4, 0.5) is 17.1 Å². The standard InChI is InChI=1S/C18H16N4O5/c1-11(17(23)21-14-5-3-4-12(8-14)10-19)27-18(24)13-6-7-15(20-2)16(9-13)22(25)26/h3-9,11,20H,1-2H3,(H,21,23)/t11-/m1/s1. The maximum absolute atomic E-state index is 12.2. The van der Waals surface area contributed by atoms with E-state index in [9.17, 15) is 19.7 Å². The average Bonchev–Trinajstić information content (AvgIpc) is 2.67. The molecule has 0 radical (unpaired) electrons. The molecule has 0 aliphatic carbocycles. The highest BCUT2D eigenvalue weighted by Crippen LogP contribution is 2.25. The number of carbonyl (C=O) groups is 2. The van der Waals surface area contributed by atoms with E-state index in [0.717, 1.165) is 6.07 Å². The number of nitrogens with one attached hydrogen (secondary N) is 2. The minimum atomic E-state index is -1.15. The van der Waals surface area contributed by atoms with E-state index in [1.807, 2.05) is 6.07 Å². The number of nitriles is 1. The molecule has 2 rings (SSSR count). The highest BCUT2D eigenvalue weighted by atomic mass is 16.6. The molecule has 9 nitrogen and oxygen atoms in total. The SMILES string of the molecule is CNc1ccc(C(=O)O[C@H](C)C(=O)Nc2cccc(C#N)c2)cc1[N+](=O)[O-]. The van der Waals surface area contributed by atoms with E-state index in [1.165, 1.54) is 32.2 Å². The summed E-state index contributed by atoms with van der Waals surface area (Å²) in [5.74, 6) is -1.46. The molecule has 2 N–H and O–H groups in total. The number of hydrogen-bond donors (Lipinski definition) is 2. The van der Waals surface area contributed by atoms with Gasteiger partial charge in [-0.2, -0.15) is 5.26 Å². The zero-order chi connectivity index (χ0) is 20.0. The van der Waals surface area contributed by atoms with Crippen LogP contribution in [0.15, 0.2) is 42.5 Å². The number of hydrogen-bond acceptors (Lipinski definition) is 7. The molecule has 0 heterocycles. The minimum Gasteiger partial charge on any atom is -0.449 e. The number of esters is 1. The van der Waals surface area contributed by atoms with E-state index in [2.05, 4.69) is 10.6 Å². The second-order valence-corrected chi connectivity index (χ2v) is 5.47. The molecule has 0 saturated carbocycles. The molecule has 9 heteroatoms. The minimum absolute atomic E-state index is 0.0492. The van der Waals surface area contributed by atoms with Crippen LogP contribution in [0.2, 0.25) is 0 Å². The molecular formula is C18H16N4O5. The van der Waals surface area contributed by atoms with E-state index in [-0.39, 0.29) is 16.9 Å². The van der Waals surface area contributed by atoms with Crippen LogP contribution in [-0.2, 0) is 9.53 Å². The Kier molecular flexibility index (Phi) is 6.06. The first-order chi connectivity index (χ1) is 12.8. The molecule has 2 aromatic rings. The molecule has 0 spiro atoms. The largest absolute Gasteiger partial charge is 0.449 e. The molecule has 0 aliphatic heterocycles. The molecule has 1 amide bonds. The zero-order valence-electron chi connectivity index (χ0n) is 14.6. The Morgan fingerprint density at radius 2 is 2.00 bits per heavy atom. The van der Waals surface area contributed by atoms with E-state index in [4.69, 9.17) is 10.00 Å². The summed E-state index contributed by atoms with van der Waals surface area (Å²) in [7, 11) is 1.52. The molecule has 0 saturated heterocycles. The quantitative estimate of drug-likeness (QED) is 0.455. The van der Waals surface area contributed by atoms with Gasteiger partial charge in [-0.1, -0.05) is 6.07 Å². The van der Waals surface area contributed by atoms with Crippen molar-refractivity contribution in [1.82, 2.24) is 0 Å². The summed E-state index contributed by atoms with van der Waals surface area (Å²) in [5, 5.41) is 25.1. The maximum atomic E-state index is 12.2. The number of carbonyl (C=O) groups excluding carboxylic acids is 2. The monoisotopic (exact) mass is 368 g/mol. The fourth-order valence-corrected chi connectivity index (χ4v) is 2.21. The summed E-state index contributed by atoms with van der Waals surface area (Å²) in [6, 6.07) is 12.0. The first-order valence-corrected chi connectivity index (χ1v) is 7.84. The van der Waals surface area contributed by atoms with E-state index < -0.39 is 22.9 Å². The molecule has 27 heavy (non-hydrogen) atoms. The van der Waals surface area contributed by atoms with Gasteiger partial charge in [-0.25, -0.2) is 4.79 Å². The first-order valence-electron chi connectivity index (χ1n) is 7.84. The molecule has 0 bridgehead atoms. The van der Waals surface area contributed by atoms with Crippen LogP contribution in [0.1, 0.15) is 22.8 Å². The number of ether oxygens (including phenoxy) is 1. The van der Waals surface area contributed by atoms with Crippen molar-refractivity contribution in [2.75, 3.05) is 17.7 Å². The second-order valence-electron chi connectivity index (χ2n) is 5.47. The van der Waals surface area contributed by atoms with Crippen molar-refractivity contribution in [3.05, 3.63) is 63.7 Å². The Morgan fingerprint density at radius 1 is 1.26 bits per heavy atom. The third-order valence-electron chi connectivity index (χ3n) is 3.61. The van der Waals surface area contributed by atoms with Crippen molar-refractivity contribution in [1.29, 1.82) is 5.26 Å². The Morgan fingerprint density at radius 3 is 2.63 bits per heavy atom. The highest BCUT2D eigenvalue weighted by Gasteiger charge is 2.22. The lowest BCUT2D eigenvalue weighted by molar-refractivity contribution is -0.384. The van der Waals surface area contributed by atoms with Gasteiger partial charge in [-0.15, -0.1) is 0 Å². The lowest BCUT2D eigenvalue weighted by Gasteiger charge is -2.14. The molecule has 1 atom stereocenters. The van der Waals surface area contributed by atoms with Gasteiger partial charge in [0.2, 0.25) is 0 Å². The van der Waals surface area contributed by atoms with Gasteiger partial charge in [-0.3, -0.25) is 14.9 Å². The average molecular weight is 368 g/mol. The number of amides is 1. The van der Waals surface area contributed by atoms with Crippen molar-refractivity contribution < 1.29 is 19.2 Å². The van der Waals surface area contributed by atoms with Crippen molar-refractivity contribution in [3.63, 3.8) is 0 Å². The van der Waals surface area contributed by atoms with Crippen molar-refractivity contribution >= 4 is 28.9 Å². The lowest BCUT2D eigenvalue weighted by Crippen LogP contribution is -2.30. The van der Waals surface area contributed by atoms with Gasteiger partial charge in [0.15, 0.2) is 6.10 Å². The van der Waals surface area contributed by atoms with Gasteiger partial charge < -0.3 is 15.4 Å². The summed E-state index contributed by atoms with van der Waals surface area (Å²) < 4.78 is 5.08. The van der Waals surface area contributed by atoms with Crippen LogP contribution in [0.5, 0.6) is 0 Å². The van der Waals surface area contributed by atoms with Crippen molar-refractivity contribution in [2.45, 2.75) is 13.0 Å². The lowest BCUT2D eigenvalue weighted by atomic mass is 10.1. The number of nitro groups is 1. The van der Waals surface area contributed by atoms with Crippen LogP contribution in [0, 0.1) is 21.4 Å². The second kappa shape index (κ2) is 8.44. The number of anilines is 2. The zero-order valence-corrected chi connectivity index (χ0v) is 14.6. The van der Waals surface area contributed by atoms with Gasteiger partial charge in [0, 0.05) is 18.8 Å². The number of rotatable bonds is 6. The topological polar surface area (TPSA) is 134 Å². The van der Waals surface area contributed by atoms with Crippen LogP contribution >= 0.6 is 0 Å². The predicted molar refractivity (Wildman–Crippen MR) is 97.3 cm³/mol. The first kappa shape index (κ1) is 19.4. The Balaban J connectivity index is 2.08. The summed E-state index contributed by atoms with van der Waals surface area (Å²) in [6.07, 6.45) is -1.15. The molecule has 0 unspecified atom stereocenters. The molecule has 138 valence electrons. The summed E-state index contributed by atoms with van der Waals surface area (Å²) in [6.45, 7) is 1.37.